The minimum absolute atomic E-state index is 0.588. The Kier molecular flexibility index (Phi) is 3.04. The van der Waals surface area contributed by atoms with Gasteiger partial charge in [-0.05, 0) is 12.8 Å². The summed E-state index contributed by atoms with van der Waals surface area (Å²) < 4.78 is 2.01. The molecule has 1 aromatic rings. The molecule has 0 atom stereocenters. The highest BCUT2D eigenvalue weighted by Gasteiger charge is 1.91. The summed E-state index contributed by atoms with van der Waals surface area (Å²) in [6, 6.07) is 0. The van der Waals surface area contributed by atoms with Crippen LogP contribution in [-0.4, -0.2) is 14.5 Å². The van der Waals surface area contributed by atoms with Gasteiger partial charge in [0, 0.05) is 18.9 Å². The van der Waals surface area contributed by atoms with Crippen LogP contribution in [0.15, 0.2) is 18.7 Å². The maximum absolute atomic E-state index is 5.34. The van der Waals surface area contributed by atoms with Crippen LogP contribution < -0.4 is 5.73 Å². The summed E-state index contributed by atoms with van der Waals surface area (Å²) in [5, 5.41) is 0. The van der Waals surface area contributed by atoms with Gasteiger partial charge in [0.05, 0.1) is 11.3 Å². The average Bonchev–Trinajstić information content (AvgIpc) is 2.39. The van der Waals surface area contributed by atoms with Gasteiger partial charge in [-0.3, -0.25) is 0 Å². The molecular weight excluding hydrogens is 158 g/mol. The number of nitrogens with zero attached hydrogens (tertiary/aromatic N) is 2. The number of thiocarbonyl (C=S) groups is 1. The van der Waals surface area contributed by atoms with Crippen molar-refractivity contribution in [1.29, 1.82) is 0 Å². The van der Waals surface area contributed by atoms with Crippen LogP contribution in [0.2, 0.25) is 0 Å². The van der Waals surface area contributed by atoms with E-state index in [1.54, 1.807) is 12.5 Å². The van der Waals surface area contributed by atoms with E-state index in [1.807, 2.05) is 10.8 Å². The highest BCUT2D eigenvalue weighted by molar-refractivity contribution is 7.80. The quantitative estimate of drug-likeness (QED) is 0.682. The van der Waals surface area contributed by atoms with E-state index in [9.17, 15) is 0 Å². The van der Waals surface area contributed by atoms with Gasteiger partial charge < -0.3 is 10.3 Å². The van der Waals surface area contributed by atoms with E-state index in [0.717, 1.165) is 19.4 Å². The van der Waals surface area contributed by atoms with Crippen molar-refractivity contribution in [3.63, 3.8) is 0 Å². The van der Waals surface area contributed by atoms with Crippen molar-refractivity contribution in [1.82, 2.24) is 9.55 Å². The van der Waals surface area contributed by atoms with Crippen molar-refractivity contribution >= 4 is 17.2 Å². The van der Waals surface area contributed by atoms with Gasteiger partial charge in [0.2, 0.25) is 0 Å². The normalized spacial score (nSPS) is 9.82. The van der Waals surface area contributed by atoms with E-state index in [1.165, 1.54) is 0 Å². The van der Waals surface area contributed by atoms with Gasteiger partial charge in [0.1, 0.15) is 0 Å². The van der Waals surface area contributed by atoms with Crippen molar-refractivity contribution in [2.45, 2.75) is 19.4 Å². The molecule has 0 saturated heterocycles. The van der Waals surface area contributed by atoms with Crippen LogP contribution in [0.5, 0.6) is 0 Å². The first-order chi connectivity index (χ1) is 5.29. The van der Waals surface area contributed by atoms with Crippen LogP contribution in [-0.2, 0) is 6.54 Å². The third-order valence-electron chi connectivity index (χ3n) is 1.40. The predicted octanol–water partition coefficient (Wildman–Crippen LogP) is 0.949. The molecule has 11 heavy (non-hydrogen) atoms. The van der Waals surface area contributed by atoms with Gasteiger partial charge in [0.15, 0.2) is 0 Å². The molecule has 1 heterocycles. The van der Waals surface area contributed by atoms with Crippen LogP contribution in [0.1, 0.15) is 12.8 Å². The predicted molar refractivity (Wildman–Crippen MR) is 48.2 cm³/mol. The summed E-state index contributed by atoms with van der Waals surface area (Å²) in [5.74, 6) is 0. The van der Waals surface area contributed by atoms with Crippen LogP contribution in [0.3, 0.4) is 0 Å². The zero-order valence-electron chi connectivity index (χ0n) is 6.23. The molecule has 60 valence electrons. The number of nitrogens with two attached hydrogens (primary N) is 1. The molecule has 0 aliphatic carbocycles. The summed E-state index contributed by atoms with van der Waals surface area (Å²) in [6.45, 7) is 0.942. The summed E-state index contributed by atoms with van der Waals surface area (Å²) in [6.07, 6.45) is 7.29. The molecule has 1 rings (SSSR count). The van der Waals surface area contributed by atoms with Gasteiger partial charge in [0.25, 0.3) is 0 Å². The molecule has 3 nitrogen and oxygen atoms in total. The zero-order chi connectivity index (χ0) is 8.10. The van der Waals surface area contributed by atoms with Crippen molar-refractivity contribution < 1.29 is 0 Å². The van der Waals surface area contributed by atoms with Crippen LogP contribution >= 0.6 is 12.2 Å². The fourth-order valence-electron chi connectivity index (χ4n) is 0.855. The van der Waals surface area contributed by atoms with E-state index in [4.69, 9.17) is 18.0 Å². The Bertz CT molecular complexity index is 218. The lowest BCUT2D eigenvalue weighted by Gasteiger charge is -1.99. The fraction of sp³-hybridized carbons (Fsp3) is 0.429. The standard InChI is InChI=1S/C7H11N3S/c8-7(11)2-1-4-10-5-3-9-6-10/h3,5-6H,1-2,4H2,(H2,8,11). The minimum Gasteiger partial charge on any atom is -0.393 e. The Morgan fingerprint density at radius 2 is 2.45 bits per heavy atom. The molecule has 0 radical (unpaired) electrons. The SMILES string of the molecule is NC(=S)CCCn1ccnc1. The number of aromatic nitrogens is 2. The topological polar surface area (TPSA) is 43.8 Å². The molecule has 0 spiro atoms. The maximum Gasteiger partial charge on any atom is 0.0945 e. The van der Waals surface area contributed by atoms with Crippen molar-refractivity contribution in [2.24, 2.45) is 5.73 Å². The largest absolute Gasteiger partial charge is 0.393 e. The van der Waals surface area contributed by atoms with E-state index >= 15 is 0 Å². The van der Waals surface area contributed by atoms with E-state index in [2.05, 4.69) is 4.98 Å². The number of aryl methyl sites for hydroxylation is 1. The third kappa shape index (κ3) is 3.13. The maximum atomic E-state index is 5.34. The van der Waals surface area contributed by atoms with Gasteiger partial charge >= 0.3 is 0 Å². The van der Waals surface area contributed by atoms with Crippen LogP contribution in [0.4, 0.5) is 0 Å². The average molecular weight is 169 g/mol. The van der Waals surface area contributed by atoms with Crippen LogP contribution in [0, 0.1) is 0 Å². The monoisotopic (exact) mass is 169 g/mol. The Hall–Kier alpha value is -0.900. The summed E-state index contributed by atoms with van der Waals surface area (Å²) in [7, 11) is 0. The first-order valence-electron chi connectivity index (χ1n) is 3.53. The number of hydrogen-bond donors (Lipinski definition) is 1. The molecule has 4 heteroatoms. The molecule has 0 aliphatic heterocycles. The molecule has 0 amide bonds. The molecule has 0 aromatic carbocycles. The highest BCUT2D eigenvalue weighted by Crippen LogP contribution is 1.94. The van der Waals surface area contributed by atoms with Gasteiger partial charge in [-0.1, -0.05) is 12.2 Å². The summed E-state index contributed by atoms with van der Waals surface area (Å²) in [5.41, 5.74) is 5.34. The van der Waals surface area contributed by atoms with Gasteiger partial charge in [-0.15, -0.1) is 0 Å². The van der Waals surface area contributed by atoms with Crippen molar-refractivity contribution in [2.75, 3.05) is 0 Å². The first kappa shape index (κ1) is 8.20. The van der Waals surface area contributed by atoms with E-state index < -0.39 is 0 Å². The lowest BCUT2D eigenvalue weighted by Crippen LogP contribution is -2.08. The molecule has 2 N–H and O–H groups in total. The highest BCUT2D eigenvalue weighted by atomic mass is 32.1. The fourth-order valence-corrected chi connectivity index (χ4v) is 0.999. The van der Waals surface area contributed by atoms with Gasteiger partial charge in [-0.25, -0.2) is 4.98 Å². The second-order valence-electron chi connectivity index (χ2n) is 2.37. The van der Waals surface area contributed by atoms with Crippen molar-refractivity contribution in [3.05, 3.63) is 18.7 Å². The Morgan fingerprint density at radius 1 is 1.64 bits per heavy atom. The zero-order valence-corrected chi connectivity index (χ0v) is 7.05. The van der Waals surface area contributed by atoms with E-state index in [0.29, 0.717) is 4.99 Å². The molecule has 0 aliphatic rings. The first-order valence-corrected chi connectivity index (χ1v) is 3.94. The van der Waals surface area contributed by atoms with Crippen molar-refractivity contribution in [3.8, 4) is 0 Å². The number of imidazole rings is 1. The lowest BCUT2D eigenvalue weighted by molar-refractivity contribution is 0.659. The molecule has 0 fully saturated rings. The third-order valence-corrected chi connectivity index (χ3v) is 1.60. The molecule has 0 saturated carbocycles. The van der Waals surface area contributed by atoms with E-state index in [-0.39, 0.29) is 0 Å². The lowest BCUT2D eigenvalue weighted by atomic mass is 10.3. The second-order valence-corrected chi connectivity index (χ2v) is 2.89. The van der Waals surface area contributed by atoms with Gasteiger partial charge in [-0.2, -0.15) is 0 Å². The smallest absolute Gasteiger partial charge is 0.0945 e. The molecule has 0 unspecified atom stereocenters. The molecular formula is C7H11N3S. The number of hydrogen-bond acceptors (Lipinski definition) is 2. The Morgan fingerprint density at radius 3 is 3.00 bits per heavy atom. The molecule has 0 bridgehead atoms. The van der Waals surface area contributed by atoms with Crippen LogP contribution in [0.25, 0.3) is 0 Å². The Labute approximate surface area is 71.2 Å². The second kappa shape index (κ2) is 4.08. The minimum atomic E-state index is 0.588. The summed E-state index contributed by atoms with van der Waals surface area (Å²) >= 11 is 4.74. The summed E-state index contributed by atoms with van der Waals surface area (Å²) in [4.78, 5) is 4.51. The number of rotatable bonds is 4. The Balaban J connectivity index is 2.19. The molecule has 1 aromatic heterocycles.